The van der Waals surface area contributed by atoms with Crippen molar-refractivity contribution in [3.05, 3.63) is 48.0 Å². The Labute approximate surface area is 149 Å². The van der Waals surface area contributed by atoms with E-state index in [-0.39, 0.29) is 22.4 Å². The highest BCUT2D eigenvalue weighted by Crippen LogP contribution is 2.34. The van der Waals surface area contributed by atoms with Gasteiger partial charge in [-0.15, -0.1) is 13.2 Å². The number of halogens is 5. The first-order chi connectivity index (χ1) is 12.6. The third-order valence-corrected chi connectivity index (χ3v) is 3.31. The van der Waals surface area contributed by atoms with Crippen LogP contribution >= 0.6 is 0 Å². The van der Waals surface area contributed by atoms with Crippen LogP contribution in [0.1, 0.15) is 12.0 Å². The molecule has 2 aromatic carbocycles. The lowest BCUT2D eigenvalue weighted by molar-refractivity contribution is -0.274. The van der Waals surface area contributed by atoms with Crippen LogP contribution in [0, 0.1) is 0 Å². The Morgan fingerprint density at radius 1 is 1.04 bits per heavy atom. The van der Waals surface area contributed by atoms with Crippen molar-refractivity contribution in [1.82, 2.24) is 0 Å². The molecule has 144 valence electrons. The lowest BCUT2D eigenvalue weighted by Gasteiger charge is -2.14. The van der Waals surface area contributed by atoms with Crippen LogP contribution < -0.4 is 10.1 Å². The number of rotatable bonds is 4. The lowest BCUT2D eigenvalue weighted by Crippen LogP contribution is -2.24. The zero-order chi connectivity index (χ0) is 20.2. The third kappa shape index (κ3) is 5.40. The van der Waals surface area contributed by atoms with Crippen molar-refractivity contribution < 1.29 is 41.0 Å². The summed E-state index contributed by atoms with van der Waals surface area (Å²) in [5, 5.41) is 2.21. The summed E-state index contributed by atoms with van der Waals surface area (Å²) in [4.78, 5) is 22.9. The fraction of sp³-hybridized carbons (Fsp3) is 0.176. The van der Waals surface area contributed by atoms with E-state index in [0.717, 1.165) is 37.4 Å². The van der Waals surface area contributed by atoms with E-state index in [9.17, 15) is 31.5 Å². The maximum Gasteiger partial charge on any atom is 0.573 e. The summed E-state index contributed by atoms with van der Waals surface area (Å²) in [6.45, 7) is 0. The Kier molecular flexibility index (Phi) is 5.98. The van der Waals surface area contributed by atoms with E-state index in [2.05, 4.69) is 14.8 Å². The minimum atomic E-state index is -4.88. The first kappa shape index (κ1) is 20.1. The van der Waals surface area contributed by atoms with Crippen LogP contribution in [0.5, 0.6) is 5.75 Å². The van der Waals surface area contributed by atoms with E-state index in [1.807, 2.05) is 0 Å². The molecule has 1 amide bonds. The van der Waals surface area contributed by atoms with Gasteiger partial charge in [-0.2, -0.15) is 0 Å². The minimum Gasteiger partial charge on any atom is -0.462 e. The Morgan fingerprint density at radius 2 is 1.67 bits per heavy atom. The molecule has 0 spiro atoms. The van der Waals surface area contributed by atoms with Crippen LogP contribution in [0.25, 0.3) is 11.1 Å². The molecule has 0 aliphatic heterocycles. The van der Waals surface area contributed by atoms with Crippen molar-refractivity contribution in [2.45, 2.75) is 12.8 Å². The summed E-state index contributed by atoms with van der Waals surface area (Å²) in [5.41, 5.74) is -0.0909. The first-order valence-corrected chi connectivity index (χ1v) is 7.28. The average Bonchev–Trinajstić information content (AvgIpc) is 2.60. The van der Waals surface area contributed by atoms with Gasteiger partial charge in [0.15, 0.2) is 0 Å². The van der Waals surface area contributed by atoms with Gasteiger partial charge in [0, 0.05) is 16.8 Å². The summed E-state index contributed by atoms with van der Waals surface area (Å²) in [6, 6.07) is 7.61. The molecule has 0 atom stereocenters. The second-order valence-corrected chi connectivity index (χ2v) is 5.12. The SMILES string of the molecule is COC(=O)C(=O)Nc1ccc(C(F)F)cc1-c1ccc(OC(F)(F)F)cc1. The van der Waals surface area contributed by atoms with E-state index in [0.29, 0.717) is 0 Å². The molecule has 0 fully saturated rings. The zero-order valence-corrected chi connectivity index (χ0v) is 13.6. The number of esters is 1. The van der Waals surface area contributed by atoms with Gasteiger partial charge in [-0.3, -0.25) is 4.79 Å². The molecule has 2 rings (SSSR count). The second-order valence-electron chi connectivity index (χ2n) is 5.12. The highest BCUT2D eigenvalue weighted by molar-refractivity contribution is 6.37. The van der Waals surface area contributed by atoms with E-state index in [1.165, 1.54) is 12.1 Å². The summed E-state index contributed by atoms with van der Waals surface area (Å²) in [6.07, 6.45) is -7.70. The van der Waals surface area contributed by atoms with Crippen molar-refractivity contribution in [2.24, 2.45) is 0 Å². The molecule has 0 aromatic heterocycles. The van der Waals surface area contributed by atoms with Crippen molar-refractivity contribution in [2.75, 3.05) is 12.4 Å². The summed E-state index contributed by atoms with van der Waals surface area (Å²) in [7, 11) is 0.988. The van der Waals surface area contributed by atoms with Crippen LogP contribution in [-0.2, 0) is 14.3 Å². The molecule has 2 aromatic rings. The van der Waals surface area contributed by atoms with Gasteiger partial charge in [0.25, 0.3) is 6.43 Å². The van der Waals surface area contributed by atoms with Gasteiger partial charge in [-0.05, 0) is 29.8 Å². The van der Waals surface area contributed by atoms with E-state index >= 15 is 0 Å². The molecule has 0 bridgehead atoms. The standard InChI is InChI=1S/C17H12F5NO4/c1-26-16(25)15(24)23-13-7-4-10(14(18)19)8-12(13)9-2-5-11(6-3-9)27-17(20,21)22/h2-8,14H,1H3,(H,23,24). The highest BCUT2D eigenvalue weighted by Gasteiger charge is 2.31. The number of hydrogen-bond donors (Lipinski definition) is 1. The van der Waals surface area contributed by atoms with Gasteiger partial charge in [0.05, 0.1) is 7.11 Å². The molecule has 5 nitrogen and oxygen atoms in total. The maximum atomic E-state index is 13.0. The molecule has 0 saturated heterocycles. The molecular weight excluding hydrogens is 377 g/mol. The van der Waals surface area contributed by atoms with Crippen LogP contribution in [0.15, 0.2) is 42.5 Å². The smallest absolute Gasteiger partial charge is 0.462 e. The molecule has 0 unspecified atom stereocenters. The molecule has 0 aliphatic carbocycles. The van der Waals surface area contributed by atoms with Gasteiger partial charge in [0.2, 0.25) is 0 Å². The van der Waals surface area contributed by atoms with Crippen LogP contribution in [0.4, 0.5) is 27.6 Å². The maximum absolute atomic E-state index is 13.0. The molecule has 0 aliphatic rings. The van der Waals surface area contributed by atoms with Gasteiger partial charge in [-0.1, -0.05) is 18.2 Å². The number of ether oxygens (including phenoxy) is 2. The monoisotopic (exact) mass is 389 g/mol. The van der Waals surface area contributed by atoms with Gasteiger partial charge in [-0.25, -0.2) is 13.6 Å². The fourth-order valence-corrected chi connectivity index (χ4v) is 2.15. The third-order valence-electron chi connectivity index (χ3n) is 3.31. The van der Waals surface area contributed by atoms with Gasteiger partial charge >= 0.3 is 18.2 Å². The zero-order valence-electron chi connectivity index (χ0n) is 13.6. The summed E-state index contributed by atoms with van der Waals surface area (Å²) < 4.78 is 70.7. The van der Waals surface area contributed by atoms with E-state index in [4.69, 9.17) is 0 Å². The largest absolute Gasteiger partial charge is 0.573 e. The van der Waals surface area contributed by atoms with Crippen molar-refractivity contribution in [3.63, 3.8) is 0 Å². The van der Waals surface area contributed by atoms with Crippen molar-refractivity contribution in [3.8, 4) is 16.9 Å². The number of methoxy groups -OCH3 is 1. The number of anilines is 1. The predicted octanol–water partition coefficient (Wildman–Crippen LogP) is 4.30. The predicted molar refractivity (Wildman–Crippen MR) is 84.2 cm³/mol. The summed E-state index contributed by atoms with van der Waals surface area (Å²) >= 11 is 0. The molecule has 10 heteroatoms. The minimum absolute atomic E-state index is 0.000658. The normalized spacial score (nSPS) is 11.2. The van der Waals surface area contributed by atoms with Crippen LogP contribution in [-0.4, -0.2) is 25.3 Å². The molecule has 27 heavy (non-hydrogen) atoms. The summed E-state index contributed by atoms with van der Waals surface area (Å²) in [5.74, 6) is -2.84. The van der Waals surface area contributed by atoms with E-state index in [1.54, 1.807) is 0 Å². The Bertz CT molecular complexity index is 834. The Morgan fingerprint density at radius 3 is 2.19 bits per heavy atom. The number of alkyl halides is 5. The molecule has 0 heterocycles. The van der Waals surface area contributed by atoms with Gasteiger partial charge in [0.1, 0.15) is 5.75 Å². The second kappa shape index (κ2) is 8.02. The number of carbonyl (C=O) groups excluding carboxylic acids is 2. The van der Waals surface area contributed by atoms with Crippen LogP contribution in [0.3, 0.4) is 0 Å². The number of benzene rings is 2. The van der Waals surface area contributed by atoms with E-state index < -0.39 is 30.4 Å². The molecule has 1 N–H and O–H groups in total. The molecule has 0 radical (unpaired) electrons. The first-order valence-electron chi connectivity index (χ1n) is 7.28. The molecule has 0 saturated carbocycles. The topological polar surface area (TPSA) is 64.6 Å². The quantitative estimate of drug-likeness (QED) is 0.481. The highest BCUT2D eigenvalue weighted by atomic mass is 19.4. The number of carbonyl (C=O) groups is 2. The van der Waals surface area contributed by atoms with Crippen molar-refractivity contribution in [1.29, 1.82) is 0 Å². The number of nitrogens with one attached hydrogen (secondary N) is 1. The number of amides is 1. The Balaban J connectivity index is 2.41. The molecular formula is C17H12F5NO4. The average molecular weight is 389 g/mol. The van der Waals surface area contributed by atoms with Crippen LogP contribution in [0.2, 0.25) is 0 Å². The fourth-order valence-electron chi connectivity index (χ4n) is 2.15. The Hall–Kier alpha value is -3.17. The number of hydrogen-bond acceptors (Lipinski definition) is 4. The van der Waals surface area contributed by atoms with Gasteiger partial charge < -0.3 is 14.8 Å². The lowest BCUT2D eigenvalue weighted by atomic mass is 10.0. The van der Waals surface area contributed by atoms with Crippen molar-refractivity contribution >= 4 is 17.6 Å².